The van der Waals surface area contributed by atoms with Gasteiger partial charge < -0.3 is 25.4 Å². The van der Waals surface area contributed by atoms with Crippen LogP contribution in [-0.2, 0) is 16.1 Å². The maximum absolute atomic E-state index is 14.9. The second-order valence-electron chi connectivity index (χ2n) is 8.93. The van der Waals surface area contributed by atoms with Crippen molar-refractivity contribution in [1.82, 2.24) is 15.5 Å². The molecule has 0 aromatic heterocycles. The summed E-state index contributed by atoms with van der Waals surface area (Å²) < 4.78 is 20.2. The SMILES string of the molecule is CC(=O)NC[C@H]1CN(c2ccc(-c3ccc(CNCC4CCN(C(=O)O)C4)cc3)c(F)c2)C(=O)O1. The van der Waals surface area contributed by atoms with Gasteiger partial charge in [0, 0.05) is 38.7 Å². The number of carbonyl (C=O) groups excluding carboxylic acids is 2. The number of amides is 3. The minimum Gasteiger partial charge on any atom is -0.465 e. The van der Waals surface area contributed by atoms with Crippen molar-refractivity contribution in [1.29, 1.82) is 0 Å². The van der Waals surface area contributed by atoms with Crippen LogP contribution in [0.1, 0.15) is 18.9 Å². The van der Waals surface area contributed by atoms with E-state index in [1.54, 1.807) is 12.1 Å². The van der Waals surface area contributed by atoms with Gasteiger partial charge in [0.2, 0.25) is 5.91 Å². The number of nitrogens with one attached hydrogen (secondary N) is 2. The van der Waals surface area contributed by atoms with Gasteiger partial charge in [-0.3, -0.25) is 9.69 Å². The number of carboxylic acid groups (broad SMARTS) is 1. The molecule has 2 atom stereocenters. The molecule has 2 aromatic carbocycles. The highest BCUT2D eigenvalue weighted by Crippen LogP contribution is 2.29. The first-order valence-corrected chi connectivity index (χ1v) is 11.6. The minimum absolute atomic E-state index is 0.209. The highest BCUT2D eigenvalue weighted by Gasteiger charge is 2.32. The average Bonchev–Trinajstić information content (AvgIpc) is 3.45. The average molecular weight is 485 g/mol. The van der Waals surface area contributed by atoms with Gasteiger partial charge >= 0.3 is 12.2 Å². The van der Waals surface area contributed by atoms with Crippen molar-refractivity contribution in [2.75, 3.05) is 37.6 Å². The van der Waals surface area contributed by atoms with Crippen LogP contribution in [-0.4, -0.2) is 66.9 Å². The molecule has 3 amide bonds. The predicted molar refractivity (Wildman–Crippen MR) is 128 cm³/mol. The molecule has 10 heteroatoms. The van der Waals surface area contributed by atoms with Crippen LogP contribution in [0, 0.1) is 11.7 Å². The Labute approximate surface area is 202 Å². The van der Waals surface area contributed by atoms with E-state index < -0.39 is 24.1 Å². The van der Waals surface area contributed by atoms with Crippen molar-refractivity contribution in [2.24, 2.45) is 5.92 Å². The summed E-state index contributed by atoms with van der Waals surface area (Å²) in [6, 6.07) is 12.2. The first-order valence-electron chi connectivity index (χ1n) is 11.6. The molecule has 2 fully saturated rings. The van der Waals surface area contributed by atoms with Gasteiger partial charge in [-0.05, 0) is 41.7 Å². The van der Waals surface area contributed by atoms with Crippen molar-refractivity contribution in [2.45, 2.75) is 26.0 Å². The molecule has 0 saturated carbocycles. The van der Waals surface area contributed by atoms with E-state index in [0.717, 1.165) is 24.1 Å². The van der Waals surface area contributed by atoms with Crippen LogP contribution >= 0.6 is 0 Å². The van der Waals surface area contributed by atoms with Crippen LogP contribution in [0.25, 0.3) is 11.1 Å². The summed E-state index contributed by atoms with van der Waals surface area (Å²) in [6.07, 6.45) is -1.06. The number of likely N-dealkylation sites (tertiary alicyclic amines) is 1. The van der Waals surface area contributed by atoms with Gasteiger partial charge in [0.15, 0.2) is 0 Å². The summed E-state index contributed by atoms with van der Waals surface area (Å²) in [5.41, 5.74) is 2.59. The fraction of sp³-hybridized carbons (Fsp3) is 0.400. The van der Waals surface area contributed by atoms with E-state index >= 15 is 0 Å². The van der Waals surface area contributed by atoms with Crippen molar-refractivity contribution < 1.29 is 28.6 Å². The van der Waals surface area contributed by atoms with Crippen molar-refractivity contribution in [3.63, 3.8) is 0 Å². The summed E-state index contributed by atoms with van der Waals surface area (Å²) >= 11 is 0. The number of ether oxygens (including phenoxy) is 1. The molecule has 3 N–H and O–H groups in total. The van der Waals surface area contributed by atoms with Gasteiger partial charge in [0.25, 0.3) is 0 Å². The van der Waals surface area contributed by atoms with E-state index in [9.17, 15) is 18.8 Å². The van der Waals surface area contributed by atoms with E-state index in [-0.39, 0.29) is 19.0 Å². The largest absolute Gasteiger partial charge is 0.465 e. The number of hydrogen-bond acceptors (Lipinski definition) is 5. The highest BCUT2D eigenvalue weighted by atomic mass is 19.1. The van der Waals surface area contributed by atoms with Crippen LogP contribution in [0.2, 0.25) is 0 Å². The number of cyclic esters (lactones) is 1. The molecule has 2 heterocycles. The number of hydrogen-bond donors (Lipinski definition) is 3. The quantitative estimate of drug-likeness (QED) is 0.531. The lowest BCUT2D eigenvalue weighted by atomic mass is 10.0. The second kappa shape index (κ2) is 10.7. The smallest absolute Gasteiger partial charge is 0.414 e. The molecule has 0 aliphatic carbocycles. The molecule has 1 unspecified atom stereocenters. The van der Waals surface area contributed by atoms with Crippen LogP contribution in [0.15, 0.2) is 42.5 Å². The molecule has 2 aromatic rings. The molecule has 2 aliphatic heterocycles. The third-order valence-corrected chi connectivity index (χ3v) is 6.30. The first kappa shape index (κ1) is 24.5. The molecule has 0 bridgehead atoms. The number of nitrogens with zero attached hydrogens (tertiary/aromatic N) is 2. The third kappa shape index (κ3) is 6.07. The lowest BCUT2D eigenvalue weighted by Gasteiger charge is -2.15. The first-order chi connectivity index (χ1) is 16.8. The summed E-state index contributed by atoms with van der Waals surface area (Å²) in [6.45, 7) is 4.35. The Hall–Kier alpha value is -3.66. The molecule has 2 aliphatic rings. The molecular formula is C25H29FN4O5. The number of benzene rings is 2. The zero-order valence-corrected chi connectivity index (χ0v) is 19.5. The minimum atomic E-state index is -0.866. The molecule has 9 nitrogen and oxygen atoms in total. The Kier molecular flexibility index (Phi) is 7.50. The van der Waals surface area contributed by atoms with E-state index in [1.165, 1.54) is 22.8 Å². The van der Waals surface area contributed by atoms with Crippen molar-refractivity contribution in [3.8, 4) is 11.1 Å². The Balaban J connectivity index is 1.32. The number of halogens is 1. The van der Waals surface area contributed by atoms with E-state index in [1.807, 2.05) is 24.3 Å². The molecule has 4 rings (SSSR count). The van der Waals surface area contributed by atoms with E-state index in [2.05, 4.69) is 10.6 Å². The topological polar surface area (TPSA) is 111 Å². The second-order valence-corrected chi connectivity index (χ2v) is 8.93. The fourth-order valence-corrected chi connectivity index (χ4v) is 4.40. The summed E-state index contributed by atoms with van der Waals surface area (Å²) in [5, 5.41) is 15.0. The molecule has 0 radical (unpaired) electrons. The fourth-order valence-electron chi connectivity index (χ4n) is 4.40. The number of anilines is 1. The lowest BCUT2D eigenvalue weighted by Crippen LogP contribution is -2.33. The summed E-state index contributed by atoms with van der Waals surface area (Å²) in [5.74, 6) is -0.347. The zero-order valence-electron chi connectivity index (χ0n) is 19.5. The molecular weight excluding hydrogens is 455 g/mol. The molecule has 2 saturated heterocycles. The highest BCUT2D eigenvalue weighted by molar-refractivity contribution is 5.90. The molecule has 186 valence electrons. The Morgan fingerprint density at radius 1 is 1.14 bits per heavy atom. The Morgan fingerprint density at radius 3 is 2.57 bits per heavy atom. The Bertz CT molecular complexity index is 1090. The summed E-state index contributed by atoms with van der Waals surface area (Å²) in [4.78, 5) is 37.1. The van der Waals surface area contributed by atoms with Gasteiger partial charge in [-0.15, -0.1) is 0 Å². The van der Waals surface area contributed by atoms with Gasteiger partial charge in [-0.25, -0.2) is 14.0 Å². The van der Waals surface area contributed by atoms with Crippen LogP contribution in [0.3, 0.4) is 0 Å². The van der Waals surface area contributed by atoms with E-state index in [0.29, 0.717) is 36.8 Å². The Morgan fingerprint density at radius 2 is 1.91 bits per heavy atom. The van der Waals surface area contributed by atoms with Crippen LogP contribution in [0.5, 0.6) is 0 Å². The lowest BCUT2D eigenvalue weighted by molar-refractivity contribution is -0.119. The summed E-state index contributed by atoms with van der Waals surface area (Å²) in [7, 11) is 0. The van der Waals surface area contributed by atoms with Gasteiger partial charge in [-0.1, -0.05) is 24.3 Å². The monoisotopic (exact) mass is 484 g/mol. The normalized spacial score (nSPS) is 19.7. The zero-order chi connectivity index (χ0) is 24.9. The standard InChI is InChI=1S/C25H29FN4O5/c1-16(31)28-13-21-15-30(25(34)35-21)20-6-7-22(23(26)10-20)19-4-2-17(3-5-19)11-27-12-18-8-9-29(14-18)24(32)33/h2-7,10,18,21,27H,8-9,11-15H2,1H3,(H,28,31)(H,32,33)/t18?,21-/m0/s1. The maximum atomic E-state index is 14.9. The van der Waals surface area contributed by atoms with E-state index in [4.69, 9.17) is 9.84 Å². The van der Waals surface area contributed by atoms with Gasteiger partial charge in [0.05, 0.1) is 18.8 Å². The maximum Gasteiger partial charge on any atom is 0.414 e. The van der Waals surface area contributed by atoms with Gasteiger partial charge in [-0.2, -0.15) is 0 Å². The van der Waals surface area contributed by atoms with Crippen LogP contribution in [0.4, 0.5) is 19.7 Å². The number of carbonyl (C=O) groups is 3. The third-order valence-electron chi connectivity index (χ3n) is 6.30. The number of rotatable bonds is 8. The van der Waals surface area contributed by atoms with Crippen LogP contribution < -0.4 is 15.5 Å². The predicted octanol–water partition coefficient (Wildman–Crippen LogP) is 3.04. The van der Waals surface area contributed by atoms with Gasteiger partial charge in [0.1, 0.15) is 11.9 Å². The van der Waals surface area contributed by atoms with Crippen molar-refractivity contribution >= 4 is 23.8 Å². The molecule has 35 heavy (non-hydrogen) atoms. The molecule has 0 spiro atoms. The van der Waals surface area contributed by atoms with Crippen molar-refractivity contribution in [3.05, 3.63) is 53.8 Å².